The molecule has 10 heavy (non-hydrogen) atoms. The minimum atomic E-state index is -0.717. The molecule has 0 saturated heterocycles. The first-order chi connectivity index (χ1) is 4.54. The Hall–Kier alpha value is -0.0500. The van der Waals surface area contributed by atoms with Crippen LogP contribution in [0.1, 0.15) is 26.7 Å². The molecule has 3 heteroatoms. The van der Waals surface area contributed by atoms with Gasteiger partial charge in [-0.25, -0.2) is 0 Å². The average molecular weight is 209 g/mol. The summed E-state index contributed by atoms with van der Waals surface area (Å²) in [4.78, 5) is 10.4. The molecule has 0 bridgehead atoms. The fourth-order valence-electron chi connectivity index (χ4n) is 0.595. The van der Waals surface area contributed by atoms with E-state index in [-0.39, 0.29) is 6.42 Å². The lowest BCUT2D eigenvalue weighted by Gasteiger charge is -2.10. The Morgan fingerprint density at radius 3 is 2.40 bits per heavy atom. The average Bonchev–Trinajstić information content (AvgIpc) is 1.82. The Morgan fingerprint density at radius 2 is 2.10 bits per heavy atom. The molecule has 0 radical (unpaired) electrons. The Morgan fingerprint density at radius 1 is 1.60 bits per heavy atom. The number of aliphatic carboxylic acids is 1. The predicted molar refractivity (Wildman–Crippen MR) is 44.4 cm³/mol. The van der Waals surface area contributed by atoms with E-state index in [2.05, 4.69) is 29.8 Å². The van der Waals surface area contributed by atoms with E-state index in [1.54, 1.807) is 0 Å². The number of hydrogen-bond donors (Lipinski definition) is 1. The van der Waals surface area contributed by atoms with Crippen molar-refractivity contribution in [2.45, 2.75) is 31.5 Å². The summed E-state index contributed by atoms with van der Waals surface area (Å²) in [6.45, 7) is 4.14. The van der Waals surface area contributed by atoms with E-state index in [0.717, 1.165) is 0 Å². The second-order valence-electron chi connectivity index (χ2n) is 2.69. The molecular formula is C7H13BrO2. The van der Waals surface area contributed by atoms with Crippen LogP contribution in [0, 0.1) is 5.92 Å². The lowest BCUT2D eigenvalue weighted by molar-refractivity contribution is -0.137. The molecule has 0 aromatic rings. The summed E-state index contributed by atoms with van der Waals surface area (Å²) in [6.07, 6.45) is 0.973. The number of halogens is 1. The highest BCUT2D eigenvalue weighted by Gasteiger charge is 2.10. The first-order valence-corrected chi connectivity index (χ1v) is 4.31. The number of hydrogen-bond acceptors (Lipinski definition) is 1. The van der Waals surface area contributed by atoms with Gasteiger partial charge in [0.05, 0.1) is 0 Å². The van der Waals surface area contributed by atoms with Gasteiger partial charge in [0.15, 0.2) is 0 Å². The summed E-state index contributed by atoms with van der Waals surface area (Å²) in [5.41, 5.74) is 0. The molecule has 1 N–H and O–H groups in total. The highest BCUT2D eigenvalue weighted by atomic mass is 79.9. The van der Waals surface area contributed by atoms with Gasteiger partial charge in [-0.05, 0) is 12.3 Å². The van der Waals surface area contributed by atoms with Gasteiger partial charge >= 0.3 is 5.97 Å². The molecule has 0 aromatic carbocycles. The third-order valence-corrected chi connectivity index (χ3v) is 2.87. The van der Waals surface area contributed by atoms with Crippen molar-refractivity contribution >= 4 is 21.9 Å². The van der Waals surface area contributed by atoms with Crippen LogP contribution in [0.15, 0.2) is 0 Å². The number of alkyl halides is 1. The fraction of sp³-hybridized carbons (Fsp3) is 0.857. The molecule has 2 nitrogen and oxygen atoms in total. The van der Waals surface area contributed by atoms with Gasteiger partial charge in [-0.2, -0.15) is 0 Å². The van der Waals surface area contributed by atoms with E-state index in [1.807, 2.05) is 0 Å². The van der Waals surface area contributed by atoms with Gasteiger partial charge in [0, 0.05) is 11.2 Å². The molecule has 0 saturated carbocycles. The fourth-order valence-corrected chi connectivity index (χ4v) is 0.824. The normalized spacial score (nSPS) is 13.6. The highest BCUT2D eigenvalue weighted by molar-refractivity contribution is 9.09. The second-order valence-corrected chi connectivity index (χ2v) is 3.87. The highest BCUT2D eigenvalue weighted by Crippen LogP contribution is 2.17. The molecule has 60 valence electrons. The number of carboxylic acids is 1. The molecule has 0 aliphatic carbocycles. The molecule has 0 aliphatic heterocycles. The van der Waals surface area contributed by atoms with Crippen LogP contribution in [-0.4, -0.2) is 15.9 Å². The van der Waals surface area contributed by atoms with Gasteiger partial charge in [0.1, 0.15) is 0 Å². The summed E-state index contributed by atoms with van der Waals surface area (Å²) in [5, 5.41) is 8.32. The standard InChI is InChI=1S/C7H13BrO2/c1-5(2)6(8)3-4-7(9)10/h5-6H,3-4H2,1-2H3,(H,9,10). The molecule has 0 amide bonds. The zero-order chi connectivity index (χ0) is 8.15. The molecular weight excluding hydrogens is 196 g/mol. The van der Waals surface area contributed by atoms with Crippen molar-refractivity contribution < 1.29 is 9.90 Å². The first-order valence-electron chi connectivity index (χ1n) is 3.40. The van der Waals surface area contributed by atoms with Crippen LogP contribution in [0.25, 0.3) is 0 Å². The first kappa shape index (κ1) is 9.95. The van der Waals surface area contributed by atoms with Crippen LogP contribution >= 0.6 is 15.9 Å². The Labute approximate surface area is 69.8 Å². The zero-order valence-electron chi connectivity index (χ0n) is 6.30. The van der Waals surface area contributed by atoms with Crippen LogP contribution in [0.4, 0.5) is 0 Å². The van der Waals surface area contributed by atoms with E-state index in [9.17, 15) is 4.79 Å². The van der Waals surface area contributed by atoms with Crippen molar-refractivity contribution in [1.29, 1.82) is 0 Å². The zero-order valence-corrected chi connectivity index (χ0v) is 7.89. The third-order valence-electron chi connectivity index (χ3n) is 1.36. The van der Waals surface area contributed by atoms with E-state index < -0.39 is 5.97 Å². The van der Waals surface area contributed by atoms with Crippen LogP contribution in [0.3, 0.4) is 0 Å². The molecule has 0 fully saturated rings. The lowest BCUT2D eigenvalue weighted by Crippen LogP contribution is -2.09. The minimum Gasteiger partial charge on any atom is -0.481 e. The van der Waals surface area contributed by atoms with Crippen molar-refractivity contribution in [1.82, 2.24) is 0 Å². The Kier molecular flexibility index (Phi) is 4.69. The van der Waals surface area contributed by atoms with Crippen molar-refractivity contribution in [3.05, 3.63) is 0 Å². The molecule has 0 aliphatic rings. The van der Waals surface area contributed by atoms with Crippen molar-refractivity contribution in [3.8, 4) is 0 Å². The second kappa shape index (κ2) is 4.72. The summed E-state index contributed by atoms with van der Waals surface area (Å²) in [5.74, 6) is -0.204. The molecule has 0 heterocycles. The minimum absolute atomic E-state index is 0.258. The smallest absolute Gasteiger partial charge is 0.303 e. The predicted octanol–water partition coefficient (Wildman–Crippen LogP) is 2.27. The van der Waals surface area contributed by atoms with Crippen molar-refractivity contribution in [2.75, 3.05) is 0 Å². The summed E-state index contributed by atoms with van der Waals surface area (Å²) in [6, 6.07) is 0. The topological polar surface area (TPSA) is 37.3 Å². The summed E-state index contributed by atoms with van der Waals surface area (Å²) < 4.78 is 0. The quantitative estimate of drug-likeness (QED) is 0.721. The van der Waals surface area contributed by atoms with Gasteiger partial charge in [0.25, 0.3) is 0 Å². The van der Waals surface area contributed by atoms with Gasteiger partial charge in [-0.3, -0.25) is 4.79 Å². The third kappa shape index (κ3) is 4.79. The number of carbonyl (C=O) groups is 1. The van der Waals surface area contributed by atoms with E-state index in [4.69, 9.17) is 5.11 Å². The maximum atomic E-state index is 10.1. The van der Waals surface area contributed by atoms with Crippen LogP contribution in [0.5, 0.6) is 0 Å². The number of carboxylic acid groups (broad SMARTS) is 1. The van der Waals surface area contributed by atoms with E-state index in [0.29, 0.717) is 17.2 Å². The maximum Gasteiger partial charge on any atom is 0.303 e. The lowest BCUT2D eigenvalue weighted by atomic mass is 10.1. The molecule has 0 aromatic heterocycles. The summed E-state index contributed by atoms with van der Waals surface area (Å²) in [7, 11) is 0. The summed E-state index contributed by atoms with van der Waals surface area (Å²) >= 11 is 3.41. The molecule has 0 rings (SSSR count). The van der Waals surface area contributed by atoms with Gasteiger partial charge in [-0.1, -0.05) is 29.8 Å². The molecule has 1 unspecified atom stereocenters. The van der Waals surface area contributed by atoms with Crippen LogP contribution in [0.2, 0.25) is 0 Å². The number of rotatable bonds is 4. The van der Waals surface area contributed by atoms with Crippen LogP contribution < -0.4 is 0 Å². The monoisotopic (exact) mass is 208 g/mol. The van der Waals surface area contributed by atoms with Crippen molar-refractivity contribution in [2.24, 2.45) is 5.92 Å². The van der Waals surface area contributed by atoms with Gasteiger partial charge < -0.3 is 5.11 Å². The van der Waals surface area contributed by atoms with E-state index in [1.165, 1.54) is 0 Å². The Bertz CT molecular complexity index is 112. The SMILES string of the molecule is CC(C)C(Br)CCC(=O)O. The Balaban J connectivity index is 3.39. The molecule has 0 spiro atoms. The van der Waals surface area contributed by atoms with Crippen LogP contribution in [-0.2, 0) is 4.79 Å². The van der Waals surface area contributed by atoms with Gasteiger partial charge in [0.2, 0.25) is 0 Å². The maximum absolute atomic E-state index is 10.1. The van der Waals surface area contributed by atoms with Crippen molar-refractivity contribution in [3.63, 3.8) is 0 Å². The largest absolute Gasteiger partial charge is 0.481 e. The van der Waals surface area contributed by atoms with E-state index >= 15 is 0 Å². The van der Waals surface area contributed by atoms with Gasteiger partial charge in [-0.15, -0.1) is 0 Å². The molecule has 1 atom stereocenters.